The highest BCUT2D eigenvalue weighted by atomic mass is 32.1. The largest absolute Gasteiger partial charge is 0.348 e. The van der Waals surface area contributed by atoms with Gasteiger partial charge in [0.05, 0.1) is 11.4 Å². The fraction of sp³-hybridized carbons (Fsp3) is 0.714. The number of thiocarbonyl (C=S) groups is 2. The van der Waals surface area contributed by atoms with Crippen molar-refractivity contribution in [3.8, 4) is 0 Å². The van der Waals surface area contributed by atoms with Gasteiger partial charge in [-0.1, -0.05) is 0 Å². The normalized spacial score (nSPS) is 19.5. The molecule has 0 unspecified atom stereocenters. The average Bonchev–Trinajstić information content (AvgIpc) is 3.22. The lowest BCUT2D eigenvalue weighted by atomic mass is 10.3. The van der Waals surface area contributed by atoms with E-state index in [1.807, 2.05) is 13.8 Å². The van der Waals surface area contributed by atoms with E-state index < -0.39 is 0 Å². The fourth-order valence-electron chi connectivity index (χ4n) is 2.41. The van der Waals surface area contributed by atoms with Crippen LogP contribution in [0.15, 0.2) is 10.2 Å². The molecule has 2 rings (SSSR count). The lowest BCUT2D eigenvalue weighted by Gasteiger charge is -2.18. The Morgan fingerprint density at radius 3 is 1.36 bits per heavy atom. The van der Waals surface area contributed by atoms with E-state index in [4.69, 9.17) is 24.4 Å². The topological polar surface area (TPSA) is 55.3 Å². The quantitative estimate of drug-likeness (QED) is 0.463. The number of hydrogen-bond acceptors (Lipinski definition) is 4. The van der Waals surface area contributed by atoms with E-state index in [1.54, 1.807) is 0 Å². The summed E-state index contributed by atoms with van der Waals surface area (Å²) in [5.41, 5.74) is 7.46. The van der Waals surface area contributed by atoms with Crippen LogP contribution in [0, 0.1) is 0 Å². The molecule has 2 N–H and O–H groups in total. The predicted molar refractivity (Wildman–Crippen MR) is 99.3 cm³/mol. The zero-order valence-electron chi connectivity index (χ0n) is 13.3. The van der Waals surface area contributed by atoms with Gasteiger partial charge in [-0.15, -0.1) is 0 Å². The molecule has 2 aliphatic heterocycles. The maximum Gasteiger partial charge on any atom is 0.189 e. The Morgan fingerprint density at radius 2 is 1.05 bits per heavy atom. The summed E-state index contributed by atoms with van der Waals surface area (Å²) in [4.78, 5) is 4.28. The summed E-state index contributed by atoms with van der Waals surface area (Å²) in [6, 6.07) is 0. The van der Waals surface area contributed by atoms with Gasteiger partial charge in [0.1, 0.15) is 0 Å². The zero-order chi connectivity index (χ0) is 15.9. The lowest BCUT2D eigenvalue weighted by molar-refractivity contribution is 0.509. The zero-order valence-corrected chi connectivity index (χ0v) is 14.9. The minimum atomic E-state index is 0.685. The van der Waals surface area contributed by atoms with Crippen molar-refractivity contribution in [1.29, 1.82) is 0 Å². The highest BCUT2D eigenvalue weighted by Gasteiger charge is 2.15. The second-order valence-corrected chi connectivity index (χ2v) is 6.39. The van der Waals surface area contributed by atoms with Gasteiger partial charge in [-0.25, -0.2) is 0 Å². The molecule has 0 spiro atoms. The van der Waals surface area contributed by atoms with Crippen LogP contribution < -0.4 is 10.9 Å². The molecule has 8 heteroatoms. The van der Waals surface area contributed by atoms with Gasteiger partial charge in [0.15, 0.2) is 10.2 Å². The smallest absolute Gasteiger partial charge is 0.189 e. The third-order valence-corrected chi connectivity index (χ3v) is 4.65. The third kappa shape index (κ3) is 4.88. The van der Waals surface area contributed by atoms with Crippen molar-refractivity contribution in [1.82, 2.24) is 20.7 Å². The van der Waals surface area contributed by atoms with Gasteiger partial charge in [-0.3, -0.25) is 10.9 Å². The van der Waals surface area contributed by atoms with E-state index in [0.29, 0.717) is 10.2 Å². The molecule has 2 saturated heterocycles. The summed E-state index contributed by atoms with van der Waals surface area (Å²) in [6.45, 7) is 7.86. The summed E-state index contributed by atoms with van der Waals surface area (Å²) in [5.74, 6) is 0. The van der Waals surface area contributed by atoms with Gasteiger partial charge in [-0.05, 0) is 64.0 Å². The second kappa shape index (κ2) is 8.38. The van der Waals surface area contributed by atoms with E-state index >= 15 is 0 Å². The lowest BCUT2D eigenvalue weighted by Crippen LogP contribution is -2.36. The van der Waals surface area contributed by atoms with Crippen LogP contribution in [0.4, 0.5) is 0 Å². The van der Waals surface area contributed by atoms with Gasteiger partial charge < -0.3 is 9.80 Å². The number of rotatable bonds is 3. The van der Waals surface area contributed by atoms with E-state index in [-0.39, 0.29) is 0 Å². The van der Waals surface area contributed by atoms with Crippen LogP contribution in [0.25, 0.3) is 0 Å². The highest BCUT2D eigenvalue weighted by molar-refractivity contribution is 7.80. The van der Waals surface area contributed by atoms with E-state index in [0.717, 1.165) is 37.6 Å². The molecule has 2 fully saturated rings. The van der Waals surface area contributed by atoms with Crippen molar-refractivity contribution in [2.24, 2.45) is 10.2 Å². The molecule has 22 heavy (non-hydrogen) atoms. The van der Waals surface area contributed by atoms with Crippen molar-refractivity contribution in [2.45, 2.75) is 39.5 Å². The van der Waals surface area contributed by atoms with Gasteiger partial charge in [0.25, 0.3) is 0 Å². The van der Waals surface area contributed by atoms with Crippen LogP contribution in [-0.2, 0) is 0 Å². The van der Waals surface area contributed by atoms with Crippen molar-refractivity contribution >= 4 is 46.1 Å². The van der Waals surface area contributed by atoms with Crippen molar-refractivity contribution < 1.29 is 0 Å². The second-order valence-electron chi connectivity index (χ2n) is 5.62. The van der Waals surface area contributed by atoms with Crippen LogP contribution in [0.3, 0.4) is 0 Å². The van der Waals surface area contributed by atoms with Crippen LogP contribution in [0.1, 0.15) is 39.5 Å². The van der Waals surface area contributed by atoms with Gasteiger partial charge in [-0.2, -0.15) is 10.2 Å². The average molecular weight is 341 g/mol. The number of hydrazone groups is 2. The fourth-order valence-corrected chi connectivity index (χ4v) is 2.86. The first-order chi connectivity index (χ1) is 10.6. The monoisotopic (exact) mass is 340 g/mol. The molecule has 0 saturated carbocycles. The Balaban J connectivity index is 1.80. The minimum Gasteiger partial charge on any atom is -0.348 e. The summed E-state index contributed by atoms with van der Waals surface area (Å²) in [5, 5.41) is 9.97. The Hall–Kier alpha value is -1.28. The van der Waals surface area contributed by atoms with E-state index in [9.17, 15) is 0 Å². The molecule has 2 aliphatic rings. The molecule has 122 valence electrons. The van der Waals surface area contributed by atoms with Crippen LogP contribution in [-0.4, -0.2) is 57.6 Å². The molecular formula is C14H24N6S2. The maximum atomic E-state index is 5.32. The van der Waals surface area contributed by atoms with Crippen LogP contribution in [0.5, 0.6) is 0 Å². The third-order valence-electron chi connectivity index (χ3n) is 3.95. The Kier molecular flexibility index (Phi) is 6.50. The Bertz CT molecular complexity index is 432. The van der Waals surface area contributed by atoms with E-state index in [1.165, 1.54) is 25.7 Å². The van der Waals surface area contributed by atoms with Crippen molar-refractivity contribution in [3.63, 3.8) is 0 Å². The minimum absolute atomic E-state index is 0.685. The molecule has 6 nitrogen and oxygen atoms in total. The summed E-state index contributed by atoms with van der Waals surface area (Å²) >= 11 is 10.6. The van der Waals surface area contributed by atoms with Crippen LogP contribution in [0.2, 0.25) is 0 Å². The molecule has 0 aromatic carbocycles. The van der Waals surface area contributed by atoms with Crippen molar-refractivity contribution in [3.05, 3.63) is 0 Å². The molecular weight excluding hydrogens is 316 g/mol. The number of likely N-dealkylation sites (tertiary alicyclic amines) is 2. The first-order valence-corrected chi connectivity index (χ1v) is 8.58. The predicted octanol–water partition coefficient (Wildman–Crippen LogP) is 1.68. The summed E-state index contributed by atoms with van der Waals surface area (Å²) in [6.07, 6.45) is 4.79. The van der Waals surface area contributed by atoms with Gasteiger partial charge in [0.2, 0.25) is 0 Å². The summed E-state index contributed by atoms with van der Waals surface area (Å²) < 4.78 is 0. The molecule has 2 heterocycles. The number of nitrogens with one attached hydrogen (secondary N) is 2. The Labute approximate surface area is 143 Å². The van der Waals surface area contributed by atoms with Crippen LogP contribution >= 0.6 is 24.4 Å². The van der Waals surface area contributed by atoms with Gasteiger partial charge in [0, 0.05) is 26.2 Å². The van der Waals surface area contributed by atoms with Gasteiger partial charge >= 0.3 is 0 Å². The molecule has 0 bridgehead atoms. The maximum absolute atomic E-state index is 5.32. The SMILES string of the molecule is CC(=N\NC(=S)N1CCCC1)/C(C)=N/NC(=S)N1CCCC1. The Morgan fingerprint density at radius 1 is 0.727 bits per heavy atom. The molecule has 0 amide bonds. The summed E-state index contributed by atoms with van der Waals surface area (Å²) in [7, 11) is 0. The molecule has 0 aromatic rings. The van der Waals surface area contributed by atoms with E-state index in [2.05, 4.69) is 30.9 Å². The first kappa shape index (κ1) is 17.1. The number of nitrogens with zero attached hydrogens (tertiary/aromatic N) is 4. The first-order valence-electron chi connectivity index (χ1n) is 7.76. The molecule has 0 aliphatic carbocycles. The number of hydrogen-bond donors (Lipinski definition) is 2. The van der Waals surface area contributed by atoms with Crippen molar-refractivity contribution in [2.75, 3.05) is 26.2 Å². The highest BCUT2D eigenvalue weighted by Crippen LogP contribution is 2.08. The standard InChI is InChI=1S/C14H24N6S2/c1-11(15-17-13(21)19-7-3-4-8-19)12(2)16-18-14(22)20-9-5-6-10-20/h3-10H2,1-2H3,(H,17,21)(H,18,22)/b15-11+,16-12+. The molecule has 0 atom stereocenters. The molecule has 0 radical (unpaired) electrons. The molecule has 0 aromatic heterocycles.